The summed E-state index contributed by atoms with van der Waals surface area (Å²) in [7, 11) is 0. The minimum atomic E-state index is 0.226. The van der Waals surface area contributed by atoms with Crippen molar-refractivity contribution in [2.75, 3.05) is 24.6 Å². The lowest BCUT2D eigenvalue weighted by atomic mass is 10.0. The number of carbonyl (C=O) groups excluding carboxylic acids is 1. The van der Waals surface area contributed by atoms with E-state index in [2.05, 4.69) is 16.8 Å². The molecule has 0 spiro atoms. The van der Waals surface area contributed by atoms with Crippen molar-refractivity contribution in [1.82, 2.24) is 4.98 Å². The van der Waals surface area contributed by atoms with Gasteiger partial charge in [0.2, 0.25) is 0 Å². The molecule has 1 aromatic rings. The Morgan fingerprint density at radius 1 is 1.40 bits per heavy atom. The first-order valence-electron chi connectivity index (χ1n) is 7.67. The number of hydrogen-bond acceptors (Lipinski definition) is 5. The molecule has 1 fully saturated rings. The van der Waals surface area contributed by atoms with Gasteiger partial charge in [-0.1, -0.05) is 6.92 Å². The molecule has 2 heterocycles. The maximum Gasteiger partial charge on any atom is 0.186 e. The van der Waals surface area contributed by atoms with Gasteiger partial charge in [0.25, 0.3) is 0 Å². The predicted octanol–water partition coefficient (Wildman–Crippen LogP) is 3.06. The van der Waals surface area contributed by atoms with Gasteiger partial charge in [0.05, 0.1) is 6.10 Å². The van der Waals surface area contributed by atoms with Gasteiger partial charge in [-0.05, 0) is 32.1 Å². The molecule has 1 aliphatic heterocycles. The molecular weight excluding hydrogens is 272 g/mol. The Kier molecular flexibility index (Phi) is 4.36. The predicted molar refractivity (Wildman–Crippen MR) is 80.9 cm³/mol. The lowest BCUT2D eigenvalue weighted by Gasteiger charge is -2.32. The van der Waals surface area contributed by atoms with E-state index in [1.54, 1.807) is 11.3 Å². The fraction of sp³-hybridized carbons (Fsp3) is 0.733. The molecule has 0 radical (unpaired) electrons. The van der Waals surface area contributed by atoms with Crippen LogP contribution < -0.4 is 4.90 Å². The van der Waals surface area contributed by atoms with Gasteiger partial charge in [-0.15, -0.1) is 11.3 Å². The molecule has 0 saturated carbocycles. The normalized spacial score (nSPS) is 22.9. The molecule has 1 saturated heterocycles. The van der Waals surface area contributed by atoms with E-state index in [4.69, 9.17) is 4.74 Å². The first-order chi connectivity index (χ1) is 9.78. The van der Waals surface area contributed by atoms with Crippen LogP contribution in [0.25, 0.3) is 0 Å². The number of hydrogen-bond donors (Lipinski definition) is 0. The van der Waals surface area contributed by atoms with E-state index < -0.39 is 0 Å². The van der Waals surface area contributed by atoms with Gasteiger partial charge >= 0.3 is 0 Å². The Hall–Kier alpha value is -0.940. The second kappa shape index (κ2) is 6.22. The van der Waals surface area contributed by atoms with Gasteiger partial charge in [-0.25, -0.2) is 4.98 Å². The Labute approximate surface area is 124 Å². The number of carbonyl (C=O) groups is 1. The summed E-state index contributed by atoms with van der Waals surface area (Å²) in [5.41, 5.74) is 0.743. The third kappa shape index (κ3) is 2.88. The highest BCUT2D eigenvalue weighted by molar-refractivity contribution is 7.16. The number of piperidine rings is 1. The van der Waals surface area contributed by atoms with Gasteiger partial charge in [-0.2, -0.15) is 0 Å². The Balaban J connectivity index is 1.71. The molecule has 110 valence electrons. The van der Waals surface area contributed by atoms with Crippen LogP contribution in [0.5, 0.6) is 0 Å². The van der Waals surface area contributed by atoms with E-state index in [0.29, 0.717) is 12.5 Å². The van der Waals surface area contributed by atoms with Crippen molar-refractivity contribution >= 4 is 22.3 Å². The van der Waals surface area contributed by atoms with Crippen LogP contribution >= 0.6 is 11.3 Å². The maximum absolute atomic E-state index is 11.9. The lowest BCUT2D eigenvalue weighted by molar-refractivity contribution is 0.0440. The van der Waals surface area contributed by atoms with Crippen molar-refractivity contribution in [2.45, 2.75) is 51.6 Å². The van der Waals surface area contributed by atoms with Crippen LogP contribution in [0, 0.1) is 0 Å². The summed E-state index contributed by atoms with van der Waals surface area (Å²) in [4.78, 5) is 20.0. The average Bonchev–Trinajstić information content (AvgIpc) is 2.91. The van der Waals surface area contributed by atoms with E-state index in [1.165, 1.54) is 4.88 Å². The van der Waals surface area contributed by atoms with Crippen molar-refractivity contribution in [3.8, 4) is 0 Å². The number of fused-ring (bicyclic) bond motifs is 1. The number of rotatable bonds is 4. The molecule has 1 unspecified atom stereocenters. The largest absolute Gasteiger partial charge is 0.376 e. The average molecular weight is 294 g/mol. The summed E-state index contributed by atoms with van der Waals surface area (Å²) in [6, 6.07) is 0. The van der Waals surface area contributed by atoms with E-state index in [-0.39, 0.29) is 5.78 Å². The number of nitrogens with zero attached hydrogens (tertiary/aromatic N) is 2. The molecule has 20 heavy (non-hydrogen) atoms. The summed E-state index contributed by atoms with van der Waals surface area (Å²) in [5, 5.41) is 1.02. The minimum Gasteiger partial charge on any atom is -0.376 e. The zero-order valence-corrected chi connectivity index (χ0v) is 12.9. The second-order valence-corrected chi connectivity index (χ2v) is 6.69. The molecule has 0 N–H and O–H groups in total. The van der Waals surface area contributed by atoms with Crippen molar-refractivity contribution < 1.29 is 9.53 Å². The molecule has 1 aromatic heterocycles. The van der Waals surface area contributed by atoms with Gasteiger partial charge in [-0.3, -0.25) is 4.79 Å². The van der Waals surface area contributed by atoms with Crippen LogP contribution in [-0.4, -0.2) is 36.6 Å². The summed E-state index contributed by atoms with van der Waals surface area (Å²) in [6.07, 6.45) is 6.33. The molecule has 0 aromatic carbocycles. The smallest absolute Gasteiger partial charge is 0.186 e. The van der Waals surface area contributed by atoms with E-state index in [9.17, 15) is 4.79 Å². The molecule has 2 aliphatic rings. The van der Waals surface area contributed by atoms with Gasteiger partial charge in [0.1, 0.15) is 5.69 Å². The first kappa shape index (κ1) is 14.0. The molecular formula is C15H22N2O2S. The van der Waals surface area contributed by atoms with Crippen molar-refractivity contribution in [1.29, 1.82) is 0 Å². The SMILES string of the molecule is CCCOC1CCCN(c2nc3c(s2)CCCC3=O)C1. The van der Waals surface area contributed by atoms with Crippen LogP contribution in [0.1, 0.15) is 54.4 Å². The number of ketones is 1. The topological polar surface area (TPSA) is 42.4 Å². The number of aryl methyl sites for hydroxylation is 1. The van der Waals surface area contributed by atoms with Crippen molar-refractivity contribution in [3.05, 3.63) is 10.6 Å². The monoisotopic (exact) mass is 294 g/mol. The number of thiazole rings is 1. The van der Waals surface area contributed by atoms with E-state index >= 15 is 0 Å². The van der Waals surface area contributed by atoms with Crippen LogP contribution in [0.4, 0.5) is 5.13 Å². The summed E-state index contributed by atoms with van der Waals surface area (Å²) in [6.45, 7) is 4.93. The molecule has 3 rings (SSSR count). The molecule has 5 heteroatoms. The third-order valence-corrected chi connectivity index (χ3v) is 5.14. The van der Waals surface area contributed by atoms with Crippen LogP contribution in [0.3, 0.4) is 0 Å². The Morgan fingerprint density at radius 3 is 3.10 bits per heavy atom. The first-order valence-corrected chi connectivity index (χ1v) is 8.49. The summed E-state index contributed by atoms with van der Waals surface area (Å²) >= 11 is 1.71. The highest BCUT2D eigenvalue weighted by Gasteiger charge is 2.27. The minimum absolute atomic E-state index is 0.226. The van der Waals surface area contributed by atoms with E-state index in [0.717, 1.165) is 62.6 Å². The highest BCUT2D eigenvalue weighted by atomic mass is 32.1. The lowest BCUT2D eigenvalue weighted by Crippen LogP contribution is -2.39. The molecule has 1 aliphatic carbocycles. The Morgan fingerprint density at radius 2 is 2.30 bits per heavy atom. The van der Waals surface area contributed by atoms with Crippen molar-refractivity contribution in [3.63, 3.8) is 0 Å². The zero-order valence-electron chi connectivity index (χ0n) is 12.1. The molecule has 1 atom stereocenters. The number of aromatic nitrogens is 1. The quantitative estimate of drug-likeness (QED) is 0.856. The van der Waals surface area contributed by atoms with Crippen LogP contribution in [-0.2, 0) is 11.2 Å². The van der Waals surface area contributed by atoms with Gasteiger partial charge in [0.15, 0.2) is 10.9 Å². The number of ether oxygens (including phenoxy) is 1. The highest BCUT2D eigenvalue weighted by Crippen LogP contribution is 2.33. The molecule has 0 amide bonds. The summed E-state index contributed by atoms with van der Waals surface area (Å²) < 4.78 is 5.88. The number of Topliss-reactive ketones (excluding diaryl/α,β-unsaturated/α-hetero) is 1. The maximum atomic E-state index is 11.9. The Bertz CT molecular complexity index is 486. The molecule has 4 nitrogen and oxygen atoms in total. The standard InChI is InChI=1S/C15H22N2O2S/c1-2-9-19-11-5-4-8-17(10-11)15-16-14-12(18)6-3-7-13(14)20-15/h11H,2-10H2,1H3. The fourth-order valence-electron chi connectivity index (χ4n) is 2.92. The third-order valence-electron chi connectivity index (χ3n) is 3.96. The van der Waals surface area contributed by atoms with Crippen molar-refractivity contribution in [2.24, 2.45) is 0 Å². The van der Waals surface area contributed by atoms with Crippen LogP contribution in [0.15, 0.2) is 0 Å². The van der Waals surface area contributed by atoms with E-state index in [1.807, 2.05) is 0 Å². The summed E-state index contributed by atoms with van der Waals surface area (Å²) in [5.74, 6) is 0.226. The fourth-order valence-corrected chi connectivity index (χ4v) is 4.08. The zero-order chi connectivity index (χ0) is 13.9. The second-order valence-electron chi connectivity index (χ2n) is 5.63. The van der Waals surface area contributed by atoms with Gasteiger partial charge < -0.3 is 9.64 Å². The van der Waals surface area contributed by atoms with Crippen LogP contribution in [0.2, 0.25) is 0 Å². The molecule has 0 bridgehead atoms. The number of anilines is 1. The van der Waals surface area contributed by atoms with Gasteiger partial charge in [0, 0.05) is 31.0 Å².